The molecule has 0 radical (unpaired) electrons. The second kappa shape index (κ2) is 6.04. The fraction of sp³-hybridized carbons (Fsp3) is 0.538. The lowest BCUT2D eigenvalue weighted by Crippen LogP contribution is -2.24. The molecular weight excluding hydrogens is 287 g/mol. The van der Waals surface area contributed by atoms with Crippen molar-refractivity contribution in [1.29, 1.82) is 0 Å². The molecule has 1 rings (SSSR count). The summed E-state index contributed by atoms with van der Waals surface area (Å²) >= 11 is 9.57. The minimum Gasteiger partial charge on any atom is -0.396 e. The fourth-order valence-corrected chi connectivity index (χ4v) is 2.69. The Kier molecular flexibility index (Phi) is 5.29. The third-order valence-corrected chi connectivity index (χ3v) is 3.71. The largest absolute Gasteiger partial charge is 0.396 e. The van der Waals surface area contributed by atoms with Crippen LogP contribution in [0.3, 0.4) is 0 Å². The van der Waals surface area contributed by atoms with Gasteiger partial charge in [-0.1, -0.05) is 53.9 Å². The number of aliphatic hydroxyl groups is 1. The van der Waals surface area contributed by atoms with E-state index in [0.29, 0.717) is 0 Å². The van der Waals surface area contributed by atoms with Crippen LogP contribution in [0, 0.1) is 5.41 Å². The summed E-state index contributed by atoms with van der Waals surface area (Å²) < 4.78 is 0.988. The molecule has 0 heterocycles. The maximum absolute atomic E-state index is 9.47. The second-order valence-electron chi connectivity index (χ2n) is 4.63. The van der Waals surface area contributed by atoms with Crippen molar-refractivity contribution in [1.82, 2.24) is 0 Å². The predicted molar refractivity (Wildman–Crippen MR) is 73.0 cm³/mol. The quantitative estimate of drug-likeness (QED) is 0.852. The zero-order valence-corrected chi connectivity index (χ0v) is 12.1. The number of hydrogen-bond donors (Lipinski definition) is 1. The minimum absolute atomic E-state index is 0.0633. The molecule has 0 aliphatic rings. The van der Waals surface area contributed by atoms with Gasteiger partial charge in [0.25, 0.3) is 0 Å². The van der Waals surface area contributed by atoms with E-state index >= 15 is 0 Å². The predicted octanol–water partition coefficient (Wildman–Crippen LogP) is 4.44. The van der Waals surface area contributed by atoms with Crippen LogP contribution in [0.25, 0.3) is 0 Å². The van der Waals surface area contributed by atoms with Crippen LogP contribution in [0.1, 0.15) is 32.3 Å². The Morgan fingerprint density at radius 2 is 2.12 bits per heavy atom. The van der Waals surface area contributed by atoms with Gasteiger partial charge in [0.1, 0.15) is 0 Å². The third-order valence-electron chi connectivity index (χ3n) is 2.87. The highest BCUT2D eigenvalue weighted by atomic mass is 79.9. The Balaban J connectivity index is 2.85. The topological polar surface area (TPSA) is 20.2 Å². The Labute approximate surface area is 111 Å². The average Bonchev–Trinajstić information content (AvgIpc) is 2.23. The van der Waals surface area contributed by atoms with Crippen molar-refractivity contribution in [2.75, 3.05) is 6.61 Å². The van der Waals surface area contributed by atoms with Crippen LogP contribution in [-0.4, -0.2) is 11.7 Å². The molecule has 1 unspecified atom stereocenters. The SMILES string of the molecule is CCCC(C)(CO)Cc1ccc(Br)cc1Cl. The minimum atomic E-state index is -0.0633. The molecule has 16 heavy (non-hydrogen) atoms. The third kappa shape index (κ3) is 3.76. The first-order chi connectivity index (χ1) is 7.50. The van der Waals surface area contributed by atoms with E-state index in [9.17, 15) is 5.11 Å². The maximum Gasteiger partial charge on any atom is 0.0487 e. The lowest BCUT2D eigenvalue weighted by molar-refractivity contribution is 0.131. The van der Waals surface area contributed by atoms with E-state index in [1.807, 2.05) is 18.2 Å². The molecule has 0 saturated heterocycles. The standard InChI is InChI=1S/C13H18BrClO/c1-3-6-13(2,9-16)8-10-4-5-11(14)7-12(10)15/h4-5,7,16H,3,6,8-9H2,1-2H3. The van der Waals surface area contributed by atoms with Crippen molar-refractivity contribution < 1.29 is 5.11 Å². The van der Waals surface area contributed by atoms with Crippen LogP contribution in [-0.2, 0) is 6.42 Å². The van der Waals surface area contributed by atoms with Crippen LogP contribution in [0.2, 0.25) is 5.02 Å². The van der Waals surface area contributed by atoms with E-state index in [1.54, 1.807) is 0 Å². The molecular formula is C13H18BrClO. The van der Waals surface area contributed by atoms with Crippen LogP contribution in [0.5, 0.6) is 0 Å². The summed E-state index contributed by atoms with van der Waals surface area (Å²) in [6.07, 6.45) is 2.91. The van der Waals surface area contributed by atoms with E-state index in [1.165, 1.54) is 0 Å². The summed E-state index contributed by atoms with van der Waals surface area (Å²) in [7, 11) is 0. The van der Waals surface area contributed by atoms with Crippen LogP contribution < -0.4 is 0 Å². The van der Waals surface area contributed by atoms with Crippen molar-refractivity contribution in [3.63, 3.8) is 0 Å². The summed E-state index contributed by atoms with van der Waals surface area (Å²) in [4.78, 5) is 0. The summed E-state index contributed by atoms with van der Waals surface area (Å²) in [5.74, 6) is 0. The van der Waals surface area contributed by atoms with Crippen LogP contribution in [0.4, 0.5) is 0 Å². The Bertz CT molecular complexity index is 354. The summed E-state index contributed by atoms with van der Waals surface area (Å²) in [5.41, 5.74) is 1.04. The van der Waals surface area contributed by atoms with Gasteiger partial charge in [-0.3, -0.25) is 0 Å². The van der Waals surface area contributed by atoms with E-state index in [2.05, 4.69) is 29.8 Å². The molecule has 0 aliphatic heterocycles. The number of hydrogen-bond acceptors (Lipinski definition) is 1. The molecule has 1 aromatic rings. The first-order valence-corrected chi connectivity index (χ1v) is 6.72. The number of aliphatic hydroxyl groups excluding tert-OH is 1. The molecule has 90 valence electrons. The lowest BCUT2D eigenvalue weighted by atomic mass is 9.80. The van der Waals surface area contributed by atoms with Crippen molar-refractivity contribution in [2.45, 2.75) is 33.1 Å². The van der Waals surface area contributed by atoms with Crippen LogP contribution in [0.15, 0.2) is 22.7 Å². The van der Waals surface area contributed by atoms with Gasteiger partial charge in [0.15, 0.2) is 0 Å². The van der Waals surface area contributed by atoms with Gasteiger partial charge < -0.3 is 5.11 Å². The number of rotatable bonds is 5. The molecule has 1 N–H and O–H groups in total. The molecule has 0 amide bonds. The lowest BCUT2D eigenvalue weighted by Gasteiger charge is -2.27. The van der Waals surface area contributed by atoms with Crippen molar-refractivity contribution in [3.05, 3.63) is 33.3 Å². The molecule has 0 bridgehead atoms. The average molecular weight is 306 g/mol. The molecule has 3 heteroatoms. The molecule has 0 aromatic heterocycles. The van der Waals surface area contributed by atoms with Crippen molar-refractivity contribution in [3.8, 4) is 0 Å². The van der Waals surface area contributed by atoms with E-state index in [4.69, 9.17) is 11.6 Å². The molecule has 1 aromatic carbocycles. The zero-order chi connectivity index (χ0) is 12.2. The highest BCUT2D eigenvalue weighted by Crippen LogP contribution is 2.31. The van der Waals surface area contributed by atoms with Gasteiger partial charge in [-0.2, -0.15) is 0 Å². The highest BCUT2D eigenvalue weighted by molar-refractivity contribution is 9.10. The fourth-order valence-electron chi connectivity index (χ4n) is 1.95. The van der Waals surface area contributed by atoms with Gasteiger partial charge in [0.05, 0.1) is 0 Å². The summed E-state index contributed by atoms with van der Waals surface area (Å²) in [6.45, 7) is 4.44. The van der Waals surface area contributed by atoms with E-state index < -0.39 is 0 Å². The Morgan fingerprint density at radius 3 is 2.62 bits per heavy atom. The smallest absolute Gasteiger partial charge is 0.0487 e. The number of halogens is 2. The van der Waals surface area contributed by atoms with Gasteiger partial charge in [0, 0.05) is 16.1 Å². The zero-order valence-electron chi connectivity index (χ0n) is 9.76. The first-order valence-electron chi connectivity index (χ1n) is 5.55. The Hall–Kier alpha value is -0.0500. The van der Waals surface area contributed by atoms with Crippen molar-refractivity contribution in [2.24, 2.45) is 5.41 Å². The molecule has 1 nitrogen and oxygen atoms in total. The highest BCUT2D eigenvalue weighted by Gasteiger charge is 2.23. The monoisotopic (exact) mass is 304 g/mol. The molecule has 1 atom stereocenters. The summed E-state index contributed by atoms with van der Waals surface area (Å²) in [6, 6.07) is 5.92. The molecule has 0 spiro atoms. The molecule has 0 saturated carbocycles. The molecule has 0 fully saturated rings. The van der Waals surface area contributed by atoms with Gasteiger partial charge in [-0.05, 0) is 36.0 Å². The van der Waals surface area contributed by atoms with Gasteiger partial charge in [0.2, 0.25) is 0 Å². The van der Waals surface area contributed by atoms with Gasteiger partial charge in [-0.15, -0.1) is 0 Å². The van der Waals surface area contributed by atoms with E-state index in [-0.39, 0.29) is 12.0 Å². The Morgan fingerprint density at radius 1 is 1.44 bits per heavy atom. The summed E-state index contributed by atoms with van der Waals surface area (Å²) in [5, 5.41) is 10.2. The van der Waals surface area contributed by atoms with Crippen molar-refractivity contribution >= 4 is 27.5 Å². The van der Waals surface area contributed by atoms with Crippen LogP contribution >= 0.6 is 27.5 Å². The number of benzene rings is 1. The molecule has 0 aliphatic carbocycles. The second-order valence-corrected chi connectivity index (χ2v) is 5.95. The van der Waals surface area contributed by atoms with Gasteiger partial charge in [-0.25, -0.2) is 0 Å². The van der Waals surface area contributed by atoms with Gasteiger partial charge >= 0.3 is 0 Å². The first kappa shape index (κ1) is 14.0. The van der Waals surface area contributed by atoms with E-state index in [0.717, 1.165) is 34.3 Å². The maximum atomic E-state index is 9.47. The normalized spacial score (nSPS) is 14.8.